The lowest BCUT2D eigenvalue weighted by Crippen LogP contribution is -2.35. The van der Waals surface area contributed by atoms with E-state index in [0.717, 1.165) is 28.0 Å². The molecular weight excluding hydrogens is 464 g/mol. The van der Waals surface area contributed by atoms with Gasteiger partial charge in [0.1, 0.15) is 11.5 Å². The van der Waals surface area contributed by atoms with Crippen molar-refractivity contribution in [2.24, 2.45) is 0 Å². The lowest BCUT2D eigenvalue weighted by Gasteiger charge is -2.38. The maximum absolute atomic E-state index is 7.29. The molecule has 186 valence electrons. The zero-order chi connectivity index (χ0) is 26.1. The van der Waals surface area contributed by atoms with E-state index in [0.29, 0.717) is 0 Å². The van der Waals surface area contributed by atoms with E-state index in [-0.39, 0.29) is 5.41 Å². The highest BCUT2D eigenvalue weighted by Gasteiger charge is 2.44. The molecule has 2 nitrogen and oxygen atoms in total. The Kier molecular flexibility index (Phi) is 4.87. The van der Waals surface area contributed by atoms with Gasteiger partial charge < -0.3 is 9.47 Å². The van der Waals surface area contributed by atoms with Crippen LogP contribution < -0.4 is 9.47 Å². The number of hydrogen-bond donors (Lipinski definition) is 0. The highest BCUT2D eigenvalue weighted by Crippen LogP contribution is 2.58. The molecule has 1 unspecified atom stereocenters. The Morgan fingerprint density at radius 3 is 2.16 bits per heavy atom. The van der Waals surface area contributed by atoms with Crippen molar-refractivity contribution in [3.8, 4) is 22.6 Å². The summed E-state index contributed by atoms with van der Waals surface area (Å²) in [6.07, 6.45) is 4.55. The molecule has 7 rings (SSSR count). The van der Waals surface area contributed by atoms with Crippen molar-refractivity contribution >= 4 is 16.8 Å². The van der Waals surface area contributed by atoms with E-state index in [2.05, 4.69) is 118 Å². The summed E-state index contributed by atoms with van der Waals surface area (Å²) in [6, 6.07) is 34.3. The quantitative estimate of drug-likeness (QED) is 0.249. The van der Waals surface area contributed by atoms with Gasteiger partial charge in [-0.2, -0.15) is 0 Å². The predicted molar refractivity (Wildman–Crippen MR) is 156 cm³/mol. The van der Waals surface area contributed by atoms with Crippen molar-refractivity contribution < 1.29 is 9.47 Å². The lowest BCUT2D eigenvalue weighted by atomic mass is 9.76. The molecule has 0 fully saturated rings. The third-order valence-corrected chi connectivity index (χ3v) is 8.42. The van der Waals surface area contributed by atoms with Crippen molar-refractivity contribution in [1.82, 2.24) is 0 Å². The van der Waals surface area contributed by atoms with Crippen molar-refractivity contribution in [2.75, 3.05) is 7.11 Å². The molecular formula is C36H30O2. The van der Waals surface area contributed by atoms with Crippen LogP contribution in [0.3, 0.4) is 0 Å². The summed E-state index contributed by atoms with van der Waals surface area (Å²) < 4.78 is 12.8. The maximum atomic E-state index is 7.29. The summed E-state index contributed by atoms with van der Waals surface area (Å²) in [4.78, 5) is 0. The fraction of sp³-hybridized carbons (Fsp3) is 0.167. The Morgan fingerprint density at radius 1 is 0.737 bits per heavy atom. The highest BCUT2D eigenvalue weighted by atomic mass is 16.5. The van der Waals surface area contributed by atoms with Gasteiger partial charge >= 0.3 is 0 Å². The largest absolute Gasteiger partial charge is 0.497 e. The fourth-order valence-corrected chi connectivity index (χ4v) is 6.55. The van der Waals surface area contributed by atoms with E-state index in [1.54, 1.807) is 7.11 Å². The molecule has 5 aromatic carbocycles. The van der Waals surface area contributed by atoms with E-state index in [1.807, 2.05) is 12.1 Å². The first-order valence-corrected chi connectivity index (χ1v) is 13.2. The molecule has 5 aromatic rings. The third kappa shape index (κ3) is 3.07. The van der Waals surface area contributed by atoms with Crippen LogP contribution in [0.4, 0.5) is 0 Å². The number of ether oxygens (including phenoxy) is 2. The van der Waals surface area contributed by atoms with E-state index in [1.165, 1.54) is 38.8 Å². The van der Waals surface area contributed by atoms with Gasteiger partial charge in [-0.05, 0) is 52.8 Å². The molecule has 0 radical (unpaired) electrons. The van der Waals surface area contributed by atoms with Gasteiger partial charge in [0.2, 0.25) is 0 Å². The minimum Gasteiger partial charge on any atom is -0.497 e. The molecule has 0 spiro atoms. The average molecular weight is 495 g/mol. The average Bonchev–Trinajstić information content (AvgIpc) is 3.20. The van der Waals surface area contributed by atoms with E-state index in [4.69, 9.17) is 9.47 Å². The van der Waals surface area contributed by atoms with Gasteiger partial charge in [-0.25, -0.2) is 0 Å². The topological polar surface area (TPSA) is 18.5 Å². The van der Waals surface area contributed by atoms with Crippen LogP contribution in [0.25, 0.3) is 28.0 Å². The molecule has 0 saturated carbocycles. The van der Waals surface area contributed by atoms with Crippen LogP contribution >= 0.6 is 0 Å². The number of rotatable bonds is 3. The number of fused-ring (bicyclic) bond motifs is 8. The highest BCUT2D eigenvalue weighted by molar-refractivity contribution is 6.08. The number of aryl methyl sites for hydroxylation is 1. The van der Waals surface area contributed by atoms with Crippen molar-refractivity contribution in [3.05, 3.63) is 137 Å². The fourth-order valence-electron chi connectivity index (χ4n) is 6.55. The summed E-state index contributed by atoms with van der Waals surface area (Å²) in [6.45, 7) is 6.88. The number of methoxy groups -OCH3 is 1. The van der Waals surface area contributed by atoms with Gasteiger partial charge in [-0.1, -0.05) is 110 Å². The molecule has 0 amide bonds. The minimum absolute atomic E-state index is 0.147. The van der Waals surface area contributed by atoms with Crippen molar-refractivity contribution in [1.29, 1.82) is 0 Å². The van der Waals surface area contributed by atoms with E-state index < -0.39 is 5.60 Å². The van der Waals surface area contributed by atoms with Gasteiger partial charge in [-0.3, -0.25) is 0 Å². The molecule has 0 bridgehead atoms. The van der Waals surface area contributed by atoms with Gasteiger partial charge in [0, 0.05) is 27.5 Å². The lowest BCUT2D eigenvalue weighted by molar-refractivity contribution is 0.163. The minimum atomic E-state index is -0.760. The zero-order valence-electron chi connectivity index (χ0n) is 22.2. The molecule has 1 aliphatic heterocycles. The first kappa shape index (κ1) is 22.9. The Labute approximate surface area is 224 Å². The van der Waals surface area contributed by atoms with Gasteiger partial charge in [0.05, 0.1) is 7.11 Å². The van der Waals surface area contributed by atoms with Crippen LogP contribution in [0.5, 0.6) is 11.5 Å². The molecule has 1 aliphatic carbocycles. The second kappa shape index (κ2) is 8.10. The first-order chi connectivity index (χ1) is 18.4. The van der Waals surface area contributed by atoms with Gasteiger partial charge in [-0.15, -0.1) is 0 Å². The van der Waals surface area contributed by atoms with Crippen molar-refractivity contribution in [2.45, 2.75) is 31.8 Å². The molecule has 38 heavy (non-hydrogen) atoms. The number of hydrogen-bond acceptors (Lipinski definition) is 2. The molecule has 0 aromatic heterocycles. The monoisotopic (exact) mass is 494 g/mol. The smallest absolute Gasteiger partial charge is 0.178 e. The Hall–Kier alpha value is -4.30. The summed E-state index contributed by atoms with van der Waals surface area (Å²) in [5.74, 6) is 1.77. The van der Waals surface area contributed by atoms with Gasteiger partial charge in [0.25, 0.3) is 0 Å². The molecule has 2 aliphatic rings. The molecule has 2 heteroatoms. The van der Waals surface area contributed by atoms with Crippen LogP contribution in [-0.2, 0) is 11.0 Å². The van der Waals surface area contributed by atoms with Crippen LogP contribution in [-0.4, -0.2) is 7.11 Å². The van der Waals surface area contributed by atoms with E-state index in [9.17, 15) is 0 Å². The van der Waals surface area contributed by atoms with Crippen LogP contribution in [0.2, 0.25) is 0 Å². The SMILES string of the molecule is COc1ccc(C2(c3ccccc3)C=Cc3c4c(c5ccccc5c3O2)-c2ccc(C)cc2C4(C)C)cc1. The molecule has 1 heterocycles. The van der Waals surface area contributed by atoms with E-state index >= 15 is 0 Å². The Morgan fingerprint density at radius 2 is 1.42 bits per heavy atom. The van der Waals surface area contributed by atoms with Gasteiger partial charge in [0.15, 0.2) is 5.60 Å². The number of benzene rings is 5. The summed E-state index contributed by atoms with van der Waals surface area (Å²) >= 11 is 0. The summed E-state index contributed by atoms with van der Waals surface area (Å²) in [7, 11) is 1.70. The second-order valence-corrected chi connectivity index (χ2v) is 11.0. The predicted octanol–water partition coefficient (Wildman–Crippen LogP) is 8.81. The molecule has 0 N–H and O–H groups in total. The van der Waals surface area contributed by atoms with Crippen LogP contribution in [0.15, 0.2) is 103 Å². The maximum Gasteiger partial charge on any atom is 0.178 e. The van der Waals surface area contributed by atoms with Crippen LogP contribution in [0, 0.1) is 6.92 Å². The third-order valence-electron chi connectivity index (χ3n) is 8.42. The van der Waals surface area contributed by atoms with Crippen LogP contribution in [0.1, 0.15) is 47.2 Å². The Balaban J connectivity index is 1.54. The summed E-state index contributed by atoms with van der Waals surface area (Å²) in [5, 5.41) is 2.38. The standard InChI is InChI=1S/C36H30O2/c1-23-14-19-29-31(22-23)35(2,3)33-30-20-21-36(24-10-6-5-7-11-24,25-15-17-26(37-4)18-16-25)38-34(30)28-13-9-8-12-27(28)32(29)33/h5-22H,1-4H3. The van der Waals surface area contributed by atoms with Crippen molar-refractivity contribution in [3.63, 3.8) is 0 Å². The molecule has 0 saturated heterocycles. The normalized spacial score (nSPS) is 18.4. The summed E-state index contributed by atoms with van der Waals surface area (Å²) in [5.41, 5.74) is 9.12. The Bertz CT molecular complexity index is 1740. The first-order valence-electron chi connectivity index (χ1n) is 13.2. The zero-order valence-corrected chi connectivity index (χ0v) is 22.2. The molecule has 1 atom stereocenters. The second-order valence-electron chi connectivity index (χ2n) is 11.0.